The van der Waals surface area contributed by atoms with Gasteiger partial charge in [-0.15, -0.1) is 0 Å². The highest BCUT2D eigenvalue weighted by Gasteiger charge is 2.33. The van der Waals surface area contributed by atoms with Gasteiger partial charge in [-0.1, -0.05) is 54.2 Å². The van der Waals surface area contributed by atoms with Crippen molar-refractivity contribution in [3.05, 3.63) is 184 Å². The third kappa shape index (κ3) is 16.9. The van der Waals surface area contributed by atoms with Gasteiger partial charge >= 0.3 is 0 Å². The SMILES string of the molecule is C=C1c2ccc3c(c2CN1C)c1cc(C(C)=O)c(O)cc1n3CCCN(C)C.CCC(=O)c1ccc2c(c1)c1cc(C(=O)CC)ccc1n2CCCN(C)C.CCN(CC)CCn1c2ccc(C(=O)C3CC3)cc2c2cc(C(=O)C3CC3)ccc21.CCN(CC)CCn1c2ccc(C(C)=O)cc2c2cc(C(C)=O)c(O)cc21. The van der Waals surface area contributed by atoms with Crippen LogP contribution in [0.15, 0.2) is 134 Å². The Hall–Kier alpha value is -10.4. The Bertz CT molecular complexity index is 5510. The molecule has 4 aromatic heterocycles. The fraction of sp³-hybridized carbons (Fsp3) is 0.394. The molecule has 0 saturated heterocycles. The minimum absolute atomic E-state index is 0.00585. The Morgan fingerprint density at radius 1 is 0.402 bits per heavy atom. The van der Waals surface area contributed by atoms with Gasteiger partial charge in [0.05, 0.1) is 22.2 Å². The van der Waals surface area contributed by atoms with Gasteiger partial charge in [0.15, 0.2) is 40.5 Å². The van der Waals surface area contributed by atoms with E-state index in [1.807, 2.05) is 74.5 Å². The number of likely N-dealkylation sites (N-methyl/N-ethyl adjacent to an activating group) is 2. The molecule has 0 spiro atoms. The van der Waals surface area contributed by atoms with Crippen LogP contribution >= 0.6 is 0 Å². The molecule has 0 radical (unpaired) electrons. The zero-order chi connectivity index (χ0) is 80.3. The number of carbonyl (C=O) groups excluding carboxylic acids is 7. The summed E-state index contributed by atoms with van der Waals surface area (Å²) in [6.45, 7) is 33.3. The van der Waals surface area contributed by atoms with Crippen molar-refractivity contribution in [3.63, 3.8) is 0 Å². The topological polar surface area (TPSA) is 196 Å². The average Bonchev–Trinajstić information content (AvgIpc) is 1.58. The zero-order valence-corrected chi connectivity index (χ0v) is 68.1. The molecule has 0 bridgehead atoms. The molecule has 112 heavy (non-hydrogen) atoms. The van der Waals surface area contributed by atoms with E-state index >= 15 is 0 Å². The number of aromatic hydroxyl groups is 2. The number of rotatable bonds is 29. The van der Waals surface area contributed by atoms with Gasteiger partial charge in [-0.2, -0.15) is 0 Å². The van der Waals surface area contributed by atoms with Crippen LogP contribution in [0, 0.1) is 11.8 Å². The predicted octanol–water partition coefficient (Wildman–Crippen LogP) is 18.6. The van der Waals surface area contributed by atoms with Gasteiger partial charge in [0, 0.05) is 205 Å². The Kier molecular flexibility index (Phi) is 25.1. The average molecular weight is 1510 g/mol. The van der Waals surface area contributed by atoms with Crippen LogP contribution in [0.4, 0.5) is 0 Å². The van der Waals surface area contributed by atoms with Crippen molar-refractivity contribution in [2.45, 2.75) is 146 Å². The monoisotopic (exact) mass is 1510 g/mol. The molecule has 15 rings (SSSR count). The first-order valence-corrected chi connectivity index (χ1v) is 40.3. The number of phenols is 2. The Morgan fingerprint density at radius 2 is 0.741 bits per heavy atom. The summed E-state index contributed by atoms with van der Waals surface area (Å²) in [5.41, 5.74) is 16.4. The number of aromatic nitrogens is 4. The van der Waals surface area contributed by atoms with E-state index in [4.69, 9.17) is 0 Å². The first kappa shape index (κ1) is 81.1. The molecule has 3 aliphatic rings. The number of nitrogens with zero attached hydrogens (tertiary/aromatic N) is 9. The lowest BCUT2D eigenvalue weighted by Gasteiger charge is -2.19. The Morgan fingerprint density at radius 3 is 1.12 bits per heavy atom. The number of phenolic OH excluding ortho intramolecular Hbond substituents is 2. The summed E-state index contributed by atoms with van der Waals surface area (Å²) in [4.78, 5) is 96.9. The molecule has 0 unspecified atom stereocenters. The quantitative estimate of drug-likeness (QED) is 0.0420. The molecule has 8 aromatic carbocycles. The first-order valence-electron chi connectivity index (χ1n) is 40.3. The van der Waals surface area contributed by atoms with Crippen LogP contribution in [0.5, 0.6) is 11.5 Å². The number of hydrogen-bond donors (Lipinski definition) is 2. The van der Waals surface area contributed by atoms with E-state index in [0.717, 1.165) is 233 Å². The summed E-state index contributed by atoms with van der Waals surface area (Å²) in [5.74, 6) is 1.00. The molecule has 2 aliphatic carbocycles. The molecule has 0 atom stereocenters. The summed E-state index contributed by atoms with van der Waals surface area (Å²) in [5, 5.41) is 29.1. The number of hydrogen-bond acceptors (Lipinski definition) is 14. The van der Waals surface area contributed by atoms with Crippen molar-refractivity contribution >= 4 is 133 Å². The predicted molar refractivity (Wildman–Crippen MR) is 457 cm³/mol. The summed E-state index contributed by atoms with van der Waals surface area (Å²) in [7, 11) is 10.4. The second kappa shape index (κ2) is 34.7. The second-order valence-corrected chi connectivity index (χ2v) is 31.2. The third-order valence-electron chi connectivity index (χ3n) is 23.1. The number of ketones is 7. The van der Waals surface area contributed by atoms with Gasteiger partial charge in [0.1, 0.15) is 11.5 Å². The fourth-order valence-electron chi connectivity index (χ4n) is 16.2. The van der Waals surface area contributed by atoms with Gasteiger partial charge in [0.25, 0.3) is 0 Å². The maximum absolute atomic E-state index is 12.7. The highest BCUT2D eigenvalue weighted by Crippen LogP contribution is 2.44. The third-order valence-corrected chi connectivity index (χ3v) is 23.1. The summed E-state index contributed by atoms with van der Waals surface area (Å²) < 4.78 is 9.12. The molecule has 12 aromatic rings. The lowest BCUT2D eigenvalue weighted by molar-refractivity contribution is 0.0960. The maximum Gasteiger partial charge on any atom is 0.165 e. The number of benzene rings is 8. The highest BCUT2D eigenvalue weighted by molar-refractivity contribution is 6.18. The molecule has 586 valence electrons. The zero-order valence-electron chi connectivity index (χ0n) is 68.1. The van der Waals surface area contributed by atoms with Crippen LogP contribution in [0.25, 0.3) is 92.9 Å². The van der Waals surface area contributed by atoms with Crippen molar-refractivity contribution in [1.82, 2.24) is 42.8 Å². The fourth-order valence-corrected chi connectivity index (χ4v) is 16.2. The minimum Gasteiger partial charge on any atom is -0.507 e. The summed E-state index contributed by atoms with van der Waals surface area (Å²) >= 11 is 0. The van der Waals surface area contributed by atoms with E-state index in [0.29, 0.717) is 29.5 Å². The highest BCUT2D eigenvalue weighted by atomic mass is 16.3. The largest absolute Gasteiger partial charge is 0.507 e. The van der Waals surface area contributed by atoms with Gasteiger partial charge in [-0.25, -0.2) is 0 Å². The molecular formula is C94H111N9O9. The standard InChI is InChI=1S/C26H30N2O2.C23H27N3O2.C23H28N2O2.C22H26N2O3/c1-3-27(4-2)13-14-28-23-11-9-19(25(29)17-5-6-17)15-21(23)22-16-20(10-12-24(22)28)26(30)18-7-8-18;1-14-16-7-8-20-23(19(16)13-25(14)5)18-11-17(15(2)27)22(28)12-21(18)26(20)10-6-9-24(3)4;1-5-22(26)16-8-10-20-18(14-16)19-15-17(23(27)6-2)9-11-21(19)25(20)13-7-12-24(3)4;1-5-23(6-2)9-10-24-20-8-7-16(14(3)25)11-18(20)19-12-17(15(4)26)22(27)13-21(19)24/h9-12,15-18H,3-8,13-14H2,1-2H3;7-8,11-12,28H,1,6,9-10,13H2,2-5H3;8-11,14-15H,5-7,12-13H2,1-4H3;7-8,11-13,27H,5-6,9-10H2,1-4H3. The van der Waals surface area contributed by atoms with E-state index in [1.165, 1.54) is 30.4 Å². The second-order valence-electron chi connectivity index (χ2n) is 31.2. The number of fused-ring (bicyclic) bond motifs is 14. The van der Waals surface area contributed by atoms with Crippen molar-refractivity contribution in [3.8, 4) is 11.5 Å². The molecule has 18 heteroatoms. The molecular weight excluding hydrogens is 1400 g/mol. The summed E-state index contributed by atoms with van der Waals surface area (Å²) in [6, 6.07) is 41.3. The first-order chi connectivity index (χ1) is 53.7. The number of carbonyl (C=O) groups is 7. The van der Waals surface area contributed by atoms with Gasteiger partial charge in [-0.3, -0.25) is 33.6 Å². The molecule has 2 saturated carbocycles. The van der Waals surface area contributed by atoms with Crippen molar-refractivity contribution in [2.75, 3.05) is 87.6 Å². The number of Topliss-reactive ketones (excluding diaryl/α,β-unsaturated/α-hetero) is 7. The molecule has 18 nitrogen and oxygen atoms in total. The van der Waals surface area contributed by atoms with Crippen molar-refractivity contribution < 1.29 is 43.8 Å². The molecule has 5 heterocycles. The molecule has 2 fully saturated rings. The molecule has 0 amide bonds. The van der Waals surface area contributed by atoms with Gasteiger partial charge in [-0.05, 0) is 242 Å². The molecule has 1 aliphatic heterocycles. The normalized spacial score (nSPS) is 13.5. The van der Waals surface area contributed by atoms with Gasteiger partial charge < -0.3 is 53.0 Å². The lowest BCUT2D eigenvalue weighted by atomic mass is 10.00. The van der Waals surface area contributed by atoms with Crippen LogP contribution in [0.3, 0.4) is 0 Å². The van der Waals surface area contributed by atoms with E-state index in [9.17, 15) is 43.8 Å². The Balaban J connectivity index is 0.000000139. The van der Waals surface area contributed by atoms with Crippen LogP contribution < -0.4 is 0 Å². The van der Waals surface area contributed by atoms with E-state index in [-0.39, 0.29) is 63.8 Å². The van der Waals surface area contributed by atoms with Crippen molar-refractivity contribution in [2.24, 2.45) is 11.8 Å². The van der Waals surface area contributed by atoms with Crippen LogP contribution in [-0.2, 0) is 32.7 Å². The van der Waals surface area contributed by atoms with E-state index in [1.54, 1.807) is 25.1 Å². The minimum atomic E-state index is -0.179. The van der Waals surface area contributed by atoms with E-state index in [2.05, 4.69) is 161 Å². The lowest BCUT2D eigenvalue weighted by Crippen LogP contribution is -2.26. The maximum atomic E-state index is 12.7. The van der Waals surface area contributed by atoms with E-state index < -0.39 is 0 Å². The van der Waals surface area contributed by atoms with Crippen LogP contribution in [-0.4, -0.2) is 181 Å². The van der Waals surface area contributed by atoms with Crippen molar-refractivity contribution in [1.29, 1.82) is 0 Å². The number of aryl methyl sites for hydroxylation is 2. The summed E-state index contributed by atoms with van der Waals surface area (Å²) in [6.07, 6.45) is 7.09. The molecule has 2 N–H and O–H groups in total. The van der Waals surface area contributed by atoms with Crippen LogP contribution in [0.1, 0.15) is 197 Å². The smallest absolute Gasteiger partial charge is 0.165 e. The Labute approximate surface area is 657 Å². The van der Waals surface area contributed by atoms with Gasteiger partial charge in [0.2, 0.25) is 0 Å². The van der Waals surface area contributed by atoms with Crippen LogP contribution in [0.2, 0.25) is 0 Å².